The topological polar surface area (TPSA) is 27.7 Å². The summed E-state index contributed by atoms with van der Waals surface area (Å²) in [6, 6.07) is 0.970. The lowest BCUT2D eigenvalue weighted by atomic mass is 10.0. The van der Waals surface area contributed by atoms with Crippen molar-refractivity contribution >= 4 is 8.80 Å². The van der Waals surface area contributed by atoms with E-state index in [2.05, 4.69) is 20.8 Å². The van der Waals surface area contributed by atoms with Crippen molar-refractivity contribution in [3.63, 3.8) is 0 Å². The average Bonchev–Trinajstić information content (AvgIpc) is 3.06. The Kier molecular flexibility index (Phi) is 38.6. The minimum absolute atomic E-state index is 0.807. The molecule has 0 radical (unpaired) electrons. The predicted molar refractivity (Wildman–Crippen MR) is 203 cm³/mol. The number of hydrogen-bond donors (Lipinski definition) is 0. The first-order valence-corrected chi connectivity index (χ1v) is 23.0. The molecule has 0 saturated carbocycles. The molecule has 0 saturated heterocycles. The molecule has 0 rings (SSSR count). The highest BCUT2D eigenvalue weighted by Gasteiger charge is 2.39. The summed E-state index contributed by atoms with van der Waals surface area (Å²) >= 11 is 0. The van der Waals surface area contributed by atoms with Crippen LogP contribution in [0.4, 0.5) is 0 Å². The maximum atomic E-state index is 6.42. The molecule has 272 valence electrons. The fourth-order valence-corrected chi connectivity index (χ4v) is 9.06. The first-order valence-electron chi connectivity index (χ1n) is 21.1. The van der Waals surface area contributed by atoms with Crippen LogP contribution in [0.2, 0.25) is 6.04 Å². The predicted octanol–water partition coefficient (Wildman–Crippen LogP) is 14.9. The molecule has 3 nitrogen and oxygen atoms in total. The van der Waals surface area contributed by atoms with Crippen molar-refractivity contribution in [2.75, 3.05) is 20.3 Å². The van der Waals surface area contributed by atoms with Gasteiger partial charge in [-0.05, 0) is 19.3 Å². The van der Waals surface area contributed by atoms with Crippen molar-refractivity contribution in [1.82, 2.24) is 0 Å². The zero-order valence-electron chi connectivity index (χ0n) is 31.9. The zero-order chi connectivity index (χ0) is 32.8. The van der Waals surface area contributed by atoms with E-state index in [0.29, 0.717) is 0 Å². The van der Waals surface area contributed by atoms with Gasteiger partial charge in [-0.25, -0.2) is 0 Å². The largest absolute Gasteiger partial charge is 0.500 e. The highest BCUT2D eigenvalue weighted by atomic mass is 28.4. The molecular weight excluding hydrogens is 569 g/mol. The number of unbranched alkanes of at least 4 members (excludes halogenated alkanes) is 31. The fourth-order valence-electron chi connectivity index (χ4n) is 6.55. The Morgan fingerprint density at radius 1 is 0.289 bits per heavy atom. The summed E-state index contributed by atoms with van der Waals surface area (Å²) in [5, 5.41) is 0. The molecule has 0 N–H and O–H groups in total. The summed E-state index contributed by atoms with van der Waals surface area (Å²) in [5.41, 5.74) is 0. The van der Waals surface area contributed by atoms with Crippen LogP contribution < -0.4 is 0 Å². The lowest BCUT2D eigenvalue weighted by Gasteiger charge is -2.28. The van der Waals surface area contributed by atoms with Crippen molar-refractivity contribution < 1.29 is 13.3 Å². The Bertz CT molecular complexity index is 491. The van der Waals surface area contributed by atoms with Crippen LogP contribution in [0.5, 0.6) is 0 Å². The molecule has 0 aliphatic rings. The van der Waals surface area contributed by atoms with E-state index in [-0.39, 0.29) is 0 Å². The maximum absolute atomic E-state index is 6.42. The van der Waals surface area contributed by atoms with Crippen molar-refractivity contribution in [3.8, 4) is 0 Å². The molecule has 0 atom stereocenters. The monoisotopic (exact) mass is 655 g/mol. The van der Waals surface area contributed by atoms with Gasteiger partial charge < -0.3 is 13.3 Å². The molecule has 0 heterocycles. The Balaban J connectivity index is 3.68. The van der Waals surface area contributed by atoms with Gasteiger partial charge >= 0.3 is 8.80 Å². The first kappa shape index (κ1) is 45.1. The van der Waals surface area contributed by atoms with Crippen LogP contribution in [0.25, 0.3) is 0 Å². The van der Waals surface area contributed by atoms with Gasteiger partial charge in [-0.15, -0.1) is 0 Å². The van der Waals surface area contributed by atoms with E-state index in [9.17, 15) is 0 Å². The molecule has 45 heavy (non-hydrogen) atoms. The molecule has 0 aromatic heterocycles. The summed E-state index contributed by atoms with van der Waals surface area (Å²) in [7, 11) is -0.686. The van der Waals surface area contributed by atoms with Crippen LogP contribution in [0.15, 0.2) is 0 Å². The van der Waals surface area contributed by atoms with E-state index in [1.54, 1.807) is 0 Å². The summed E-state index contributed by atoms with van der Waals surface area (Å²) in [6.07, 6.45) is 47.1. The van der Waals surface area contributed by atoms with E-state index in [1.165, 1.54) is 199 Å². The van der Waals surface area contributed by atoms with Crippen LogP contribution in [-0.2, 0) is 13.3 Å². The number of rotatable bonds is 40. The Morgan fingerprint density at radius 2 is 0.511 bits per heavy atom. The number of hydrogen-bond acceptors (Lipinski definition) is 3. The second-order valence-corrected chi connectivity index (χ2v) is 17.1. The molecule has 4 heteroatoms. The van der Waals surface area contributed by atoms with Gasteiger partial charge in [-0.2, -0.15) is 0 Å². The standard InChI is InChI=1S/C41H86O3Si/c1-5-8-11-13-15-17-19-21-23-25-27-29-31-33-35-37-39-43-45(42-4,41-10-7-3)44-40-38-36-34-32-30-28-26-24-22-20-18-16-14-12-9-6-2/h5-41H2,1-4H3. The van der Waals surface area contributed by atoms with Gasteiger partial charge in [0.25, 0.3) is 0 Å². The fraction of sp³-hybridized carbons (Fsp3) is 1.00. The quantitative estimate of drug-likeness (QED) is 0.0486. The van der Waals surface area contributed by atoms with E-state index in [0.717, 1.165) is 38.5 Å². The average molecular weight is 655 g/mol. The van der Waals surface area contributed by atoms with Gasteiger partial charge in [-0.1, -0.05) is 220 Å². The Morgan fingerprint density at radius 3 is 0.733 bits per heavy atom. The lowest BCUT2D eigenvalue weighted by Crippen LogP contribution is -2.45. The van der Waals surface area contributed by atoms with Crippen LogP contribution in [0.1, 0.15) is 239 Å². The molecule has 0 aromatic rings. The van der Waals surface area contributed by atoms with Gasteiger partial charge in [0.1, 0.15) is 0 Å². The smallest absolute Gasteiger partial charge is 0.377 e. The van der Waals surface area contributed by atoms with Gasteiger partial charge in [0.2, 0.25) is 0 Å². The van der Waals surface area contributed by atoms with Crippen molar-refractivity contribution in [2.45, 2.75) is 245 Å². The van der Waals surface area contributed by atoms with Crippen LogP contribution in [0, 0.1) is 0 Å². The Labute approximate surface area is 286 Å². The minimum Gasteiger partial charge on any atom is -0.377 e. The third-order valence-electron chi connectivity index (χ3n) is 9.79. The summed E-state index contributed by atoms with van der Waals surface area (Å²) in [6.45, 7) is 8.47. The van der Waals surface area contributed by atoms with Crippen LogP contribution in [-0.4, -0.2) is 29.1 Å². The summed E-state index contributed by atoms with van der Waals surface area (Å²) < 4.78 is 18.8. The highest BCUT2D eigenvalue weighted by molar-refractivity contribution is 6.60. The molecule has 0 spiro atoms. The van der Waals surface area contributed by atoms with Gasteiger partial charge in [0.05, 0.1) is 0 Å². The Hall–Kier alpha value is 0.0969. The second kappa shape index (κ2) is 38.5. The molecule has 0 aromatic carbocycles. The molecular formula is C41H86O3Si. The molecule has 0 bridgehead atoms. The first-order chi connectivity index (χ1) is 22.2. The molecule has 0 fully saturated rings. The minimum atomic E-state index is -2.51. The summed E-state index contributed by atoms with van der Waals surface area (Å²) in [4.78, 5) is 0. The molecule has 0 unspecified atom stereocenters. The molecule has 0 amide bonds. The zero-order valence-corrected chi connectivity index (χ0v) is 32.9. The van der Waals surface area contributed by atoms with Gasteiger partial charge in [0, 0.05) is 26.4 Å². The van der Waals surface area contributed by atoms with E-state index in [4.69, 9.17) is 13.3 Å². The maximum Gasteiger partial charge on any atom is 0.500 e. The van der Waals surface area contributed by atoms with Crippen molar-refractivity contribution in [1.29, 1.82) is 0 Å². The van der Waals surface area contributed by atoms with Crippen LogP contribution >= 0.6 is 0 Å². The van der Waals surface area contributed by atoms with E-state index in [1.807, 2.05) is 7.11 Å². The van der Waals surface area contributed by atoms with Gasteiger partial charge in [-0.3, -0.25) is 0 Å². The van der Waals surface area contributed by atoms with Gasteiger partial charge in [0.15, 0.2) is 0 Å². The van der Waals surface area contributed by atoms with Crippen LogP contribution in [0.3, 0.4) is 0 Å². The summed E-state index contributed by atoms with van der Waals surface area (Å²) in [5.74, 6) is 0. The van der Waals surface area contributed by atoms with Crippen molar-refractivity contribution in [3.05, 3.63) is 0 Å². The second-order valence-electron chi connectivity index (χ2n) is 14.3. The third-order valence-corrected chi connectivity index (χ3v) is 12.7. The lowest BCUT2D eigenvalue weighted by molar-refractivity contribution is 0.0736. The van der Waals surface area contributed by atoms with E-state index >= 15 is 0 Å². The molecule has 0 aliphatic carbocycles. The van der Waals surface area contributed by atoms with E-state index < -0.39 is 8.80 Å². The highest BCUT2D eigenvalue weighted by Crippen LogP contribution is 2.21. The van der Waals surface area contributed by atoms with Crippen molar-refractivity contribution in [2.24, 2.45) is 0 Å². The SMILES string of the molecule is CCCCCCCCCCCCCCCCCCO[Si](CCCC)(OC)OCCCCCCCCCCCCCCCCCC. The normalized spacial score (nSPS) is 12.0. The third kappa shape index (κ3) is 33.8. The molecule has 0 aliphatic heterocycles.